The lowest BCUT2D eigenvalue weighted by Crippen LogP contribution is -2.40. The Kier molecular flexibility index (Phi) is 5.23. The number of halogens is 6. The van der Waals surface area contributed by atoms with E-state index in [9.17, 15) is 26.3 Å². The highest BCUT2D eigenvalue weighted by Crippen LogP contribution is 2.41. The zero-order valence-electron chi connectivity index (χ0n) is 16.1. The third-order valence-electron chi connectivity index (χ3n) is 5.11. The minimum absolute atomic E-state index is 0.0558. The monoisotopic (exact) mass is 445 g/mol. The summed E-state index contributed by atoms with van der Waals surface area (Å²) in [7, 11) is 1.91. The summed E-state index contributed by atoms with van der Waals surface area (Å²) in [6.07, 6.45) is -7.90. The van der Waals surface area contributed by atoms with E-state index >= 15 is 0 Å². The zero-order chi connectivity index (χ0) is 22.4. The Morgan fingerprint density at radius 3 is 2.39 bits per heavy atom. The fourth-order valence-corrected chi connectivity index (χ4v) is 3.72. The van der Waals surface area contributed by atoms with Gasteiger partial charge in [0.2, 0.25) is 0 Å². The molecule has 1 aliphatic heterocycles. The highest BCUT2D eigenvalue weighted by molar-refractivity contribution is 5.93. The summed E-state index contributed by atoms with van der Waals surface area (Å²) >= 11 is 0. The van der Waals surface area contributed by atoms with Crippen molar-refractivity contribution in [3.63, 3.8) is 0 Å². The Labute approximate surface area is 171 Å². The van der Waals surface area contributed by atoms with Gasteiger partial charge in [0, 0.05) is 18.2 Å². The van der Waals surface area contributed by atoms with Gasteiger partial charge in [-0.1, -0.05) is 0 Å². The van der Waals surface area contributed by atoms with Crippen LogP contribution in [0.25, 0.3) is 22.3 Å². The van der Waals surface area contributed by atoms with Gasteiger partial charge in [-0.05, 0) is 44.6 Å². The van der Waals surface area contributed by atoms with Crippen molar-refractivity contribution in [3.05, 3.63) is 29.3 Å². The van der Waals surface area contributed by atoms with E-state index in [0.717, 1.165) is 31.5 Å². The molecule has 0 unspecified atom stereocenters. The van der Waals surface area contributed by atoms with Crippen molar-refractivity contribution in [3.8, 4) is 11.3 Å². The summed E-state index contributed by atoms with van der Waals surface area (Å²) in [4.78, 5) is 2.05. The highest BCUT2D eigenvalue weighted by Gasteiger charge is 2.38. The lowest BCUT2D eigenvalue weighted by Gasteiger charge is -2.30. The third-order valence-corrected chi connectivity index (χ3v) is 5.11. The smallest absolute Gasteiger partial charge is 0.365 e. The summed E-state index contributed by atoms with van der Waals surface area (Å²) < 4.78 is 81.1. The van der Waals surface area contributed by atoms with Gasteiger partial charge in [-0.2, -0.15) is 41.8 Å². The van der Waals surface area contributed by atoms with Crippen molar-refractivity contribution in [2.45, 2.75) is 31.2 Å². The van der Waals surface area contributed by atoms with Gasteiger partial charge in [0.05, 0.1) is 11.1 Å². The van der Waals surface area contributed by atoms with Crippen LogP contribution in [0.3, 0.4) is 0 Å². The first-order valence-corrected chi connectivity index (χ1v) is 9.35. The second kappa shape index (κ2) is 7.62. The molecule has 1 saturated heterocycles. The summed E-state index contributed by atoms with van der Waals surface area (Å²) in [5, 5.41) is 19.7. The molecule has 31 heavy (non-hydrogen) atoms. The number of nitrogens with zero attached hydrogens (tertiary/aromatic N) is 5. The molecule has 166 valence electrons. The molecule has 13 heteroatoms. The topological polar surface area (TPSA) is 82.6 Å². The number of anilines is 1. The zero-order valence-corrected chi connectivity index (χ0v) is 16.1. The van der Waals surface area contributed by atoms with Gasteiger partial charge in [0.1, 0.15) is 22.5 Å². The highest BCUT2D eigenvalue weighted by atomic mass is 19.4. The van der Waals surface area contributed by atoms with Gasteiger partial charge in [-0.15, -0.1) is 10.2 Å². The summed E-state index contributed by atoms with van der Waals surface area (Å²) in [6, 6.07) is 2.29. The molecule has 0 saturated carbocycles. The van der Waals surface area contributed by atoms with Crippen molar-refractivity contribution in [1.82, 2.24) is 30.5 Å². The predicted octanol–water partition coefficient (Wildman–Crippen LogP) is 3.96. The van der Waals surface area contributed by atoms with Crippen LogP contribution in [-0.2, 0) is 12.4 Å². The molecule has 7 nitrogen and oxygen atoms in total. The van der Waals surface area contributed by atoms with Gasteiger partial charge in [0.15, 0.2) is 0 Å². The van der Waals surface area contributed by atoms with Gasteiger partial charge < -0.3 is 10.2 Å². The Morgan fingerprint density at radius 2 is 1.71 bits per heavy atom. The first-order chi connectivity index (χ1) is 14.5. The number of H-pyrrole nitrogens is 1. The number of aromatic nitrogens is 5. The lowest BCUT2D eigenvalue weighted by molar-refractivity contribution is -0.138. The van der Waals surface area contributed by atoms with E-state index in [4.69, 9.17) is 0 Å². The number of nitrogens with one attached hydrogen (secondary N) is 2. The molecule has 2 aromatic heterocycles. The Bertz CT molecular complexity index is 1090. The lowest BCUT2D eigenvalue weighted by atomic mass is 10.0. The van der Waals surface area contributed by atoms with Crippen LogP contribution < -0.4 is 5.32 Å². The number of benzene rings is 1. The average Bonchev–Trinajstić information content (AvgIpc) is 3.15. The summed E-state index contributed by atoms with van der Waals surface area (Å²) in [5.41, 5.74) is -4.07. The average molecular weight is 445 g/mol. The SMILES string of the molecule is CN1CCC[C@@H](Nc2cc(C(F)(F)F)c(-c3ccc(C(F)(F)F)c4n[nH]nc34)nn2)C1. The van der Waals surface area contributed by atoms with Crippen LogP contribution in [-0.4, -0.2) is 56.7 Å². The number of rotatable bonds is 3. The van der Waals surface area contributed by atoms with Crippen LogP contribution in [0.15, 0.2) is 18.2 Å². The van der Waals surface area contributed by atoms with Crippen LogP contribution >= 0.6 is 0 Å². The van der Waals surface area contributed by atoms with Crippen molar-refractivity contribution in [2.75, 3.05) is 25.5 Å². The normalized spacial score (nSPS) is 18.5. The van der Waals surface area contributed by atoms with Crippen molar-refractivity contribution in [1.29, 1.82) is 0 Å². The molecule has 0 amide bonds. The largest absolute Gasteiger partial charge is 0.418 e. The van der Waals surface area contributed by atoms with Crippen LogP contribution in [0.2, 0.25) is 0 Å². The van der Waals surface area contributed by atoms with Crippen molar-refractivity contribution < 1.29 is 26.3 Å². The van der Waals surface area contributed by atoms with E-state index in [1.54, 1.807) is 0 Å². The van der Waals surface area contributed by atoms with Crippen LogP contribution in [0.4, 0.5) is 32.2 Å². The maximum Gasteiger partial charge on any atom is 0.418 e. The Hall–Kier alpha value is -2.96. The molecule has 1 atom stereocenters. The quantitative estimate of drug-likeness (QED) is 0.594. The molecule has 1 aromatic carbocycles. The van der Waals surface area contributed by atoms with E-state index < -0.39 is 34.7 Å². The molecule has 0 bridgehead atoms. The number of likely N-dealkylation sites (N-methyl/N-ethyl adjacent to an activating group) is 1. The van der Waals surface area contributed by atoms with Gasteiger partial charge in [0.25, 0.3) is 0 Å². The van der Waals surface area contributed by atoms with Crippen LogP contribution in [0.1, 0.15) is 24.0 Å². The maximum absolute atomic E-state index is 13.8. The molecule has 1 fully saturated rings. The predicted molar refractivity (Wildman–Crippen MR) is 99.1 cm³/mol. The van der Waals surface area contributed by atoms with Crippen molar-refractivity contribution in [2.24, 2.45) is 0 Å². The minimum Gasteiger partial charge on any atom is -0.365 e. The Balaban J connectivity index is 1.78. The molecular weight excluding hydrogens is 428 g/mol. The minimum atomic E-state index is -4.82. The third kappa shape index (κ3) is 4.27. The number of likely N-dealkylation sites (tertiary alicyclic amines) is 1. The molecule has 2 N–H and O–H groups in total. The fraction of sp³-hybridized carbons (Fsp3) is 0.444. The number of alkyl halides is 6. The van der Waals surface area contributed by atoms with Crippen LogP contribution in [0.5, 0.6) is 0 Å². The molecule has 0 spiro atoms. The van der Waals surface area contributed by atoms with Gasteiger partial charge in [-0.3, -0.25) is 0 Å². The molecule has 3 heterocycles. The van der Waals surface area contributed by atoms with E-state index in [0.29, 0.717) is 12.6 Å². The molecule has 0 aliphatic carbocycles. The van der Waals surface area contributed by atoms with E-state index in [-0.39, 0.29) is 22.9 Å². The Morgan fingerprint density at radius 1 is 1.00 bits per heavy atom. The number of hydrogen-bond donors (Lipinski definition) is 2. The molecule has 1 aliphatic rings. The number of fused-ring (bicyclic) bond motifs is 1. The van der Waals surface area contributed by atoms with Crippen molar-refractivity contribution >= 4 is 16.9 Å². The second-order valence-electron chi connectivity index (χ2n) is 7.41. The van der Waals surface area contributed by atoms with E-state index in [1.807, 2.05) is 12.3 Å². The van der Waals surface area contributed by atoms with Crippen LogP contribution in [0, 0.1) is 0 Å². The summed E-state index contributed by atoms with van der Waals surface area (Å²) in [6.45, 7) is 1.54. The first kappa shape index (κ1) is 21.3. The molecular formula is C18H17F6N7. The standard InChI is InChI=1S/C18H17F6N7/c1-31-6-2-3-9(8-31)25-13-7-12(18(22,23)24)14(27-26-13)10-4-5-11(17(19,20)21)16-15(10)28-30-29-16/h4-5,7,9H,2-3,6,8H2,1H3,(H,25,26)(H,28,29,30)/t9-/m1/s1. The summed E-state index contributed by atoms with van der Waals surface area (Å²) in [5.74, 6) is -0.0558. The first-order valence-electron chi connectivity index (χ1n) is 9.35. The molecule has 0 radical (unpaired) electrons. The van der Waals surface area contributed by atoms with Gasteiger partial charge >= 0.3 is 12.4 Å². The fourth-order valence-electron chi connectivity index (χ4n) is 3.72. The van der Waals surface area contributed by atoms with Gasteiger partial charge in [-0.25, -0.2) is 0 Å². The second-order valence-corrected chi connectivity index (χ2v) is 7.41. The maximum atomic E-state index is 13.8. The molecule has 3 aromatic rings. The van der Waals surface area contributed by atoms with E-state index in [1.165, 1.54) is 0 Å². The van der Waals surface area contributed by atoms with E-state index in [2.05, 4.69) is 30.6 Å². The number of hydrogen-bond acceptors (Lipinski definition) is 6. The number of aromatic amines is 1. The number of piperidine rings is 1. The molecule has 4 rings (SSSR count).